The molecule has 8 heteroatoms. The van der Waals surface area contributed by atoms with Gasteiger partial charge in [-0.15, -0.1) is 0 Å². The molecule has 2 fully saturated rings. The van der Waals surface area contributed by atoms with Crippen LogP contribution in [0.25, 0.3) is 0 Å². The van der Waals surface area contributed by atoms with Gasteiger partial charge in [0.15, 0.2) is 0 Å². The van der Waals surface area contributed by atoms with E-state index in [9.17, 15) is 0 Å². The van der Waals surface area contributed by atoms with Gasteiger partial charge in [0.05, 0.1) is 54.4 Å². The average molecular weight is 594 g/mol. The maximum Gasteiger partial charge on any atom is 0.108 e. The molecule has 2 unspecified atom stereocenters. The van der Waals surface area contributed by atoms with Crippen LogP contribution in [0.5, 0.6) is 0 Å². The van der Waals surface area contributed by atoms with Crippen molar-refractivity contribution in [1.29, 1.82) is 0 Å². The highest BCUT2D eigenvalue weighted by Gasteiger charge is 2.36. The Balaban J connectivity index is 0.00000280. The van der Waals surface area contributed by atoms with Crippen LogP contribution in [-0.4, -0.2) is 88.5 Å². The van der Waals surface area contributed by atoms with E-state index in [2.05, 4.69) is 88.2 Å². The van der Waals surface area contributed by atoms with Gasteiger partial charge in [0.25, 0.3) is 0 Å². The van der Waals surface area contributed by atoms with Crippen LogP contribution >= 0.6 is 0 Å². The Morgan fingerprint density at radius 1 is 0.650 bits per heavy atom. The molecule has 0 spiro atoms. The summed E-state index contributed by atoms with van der Waals surface area (Å²) in [5.74, 6) is 0. The number of halogens is 2. The van der Waals surface area contributed by atoms with E-state index in [0.717, 1.165) is 46.5 Å². The van der Waals surface area contributed by atoms with Crippen LogP contribution in [0.4, 0.5) is 22.7 Å². The summed E-state index contributed by atoms with van der Waals surface area (Å²) in [7, 11) is 9.77. The number of hydrogen-bond acceptors (Lipinski definition) is 4. The molecule has 2 aromatic rings. The van der Waals surface area contributed by atoms with Crippen LogP contribution in [0, 0.1) is 13.8 Å². The molecule has 4 N–H and O–H groups in total. The van der Waals surface area contributed by atoms with Gasteiger partial charge in [0, 0.05) is 48.7 Å². The summed E-state index contributed by atoms with van der Waals surface area (Å²) >= 11 is 0. The van der Waals surface area contributed by atoms with Gasteiger partial charge in [0.1, 0.15) is 12.1 Å². The summed E-state index contributed by atoms with van der Waals surface area (Å²) in [6, 6.07) is 14.4. The van der Waals surface area contributed by atoms with Crippen LogP contribution < -0.4 is 46.1 Å². The summed E-state index contributed by atoms with van der Waals surface area (Å²) in [4.78, 5) is 5.10. The SMILES string of the molecule is Cc1cc(N2CCC([N+](C)(C)CCCCCC[N+](C)(C)C3CCN(c4ccc(N)c(C)c4)C3)C2)ccc1N.[Cl-].[Cl-]. The standard InChI is InChI=1S/C32H54N6.2ClH/c1-25-21-27(11-13-31(25)33)35-17-15-29(23-35)37(3,4)19-9-7-8-10-20-38(5,6)30-16-18-36(24-30)28-12-14-32(34)26(2)22-28;;/h11-14,21-22,29-30H,7-10,15-20,23-24,33-34H2,1-6H3;2*1H/q+2;;/p-2. The number of nitrogens with zero attached hydrogens (tertiary/aromatic N) is 4. The Morgan fingerprint density at radius 3 is 1.38 bits per heavy atom. The number of nitrogens with two attached hydrogens (primary N) is 2. The lowest BCUT2D eigenvalue weighted by molar-refractivity contribution is -0.913. The number of unbranched alkanes of at least 4 members (excludes halogenated alkanes) is 3. The van der Waals surface area contributed by atoms with Crippen molar-refractivity contribution in [3.63, 3.8) is 0 Å². The van der Waals surface area contributed by atoms with Gasteiger partial charge < -0.3 is 55.0 Å². The van der Waals surface area contributed by atoms with Crippen LogP contribution in [0.1, 0.15) is 49.7 Å². The van der Waals surface area contributed by atoms with Crippen molar-refractivity contribution in [3.8, 4) is 0 Å². The van der Waals surface area contributed by atoms with E-state index in [-0.39, 0.29) is 24.8 Å². The molecule has 0 saturated carbocycles. The quantitative estimate of drug-likeness (QED) is 0.201. The molecule has 0 radical (unpaired) electrons. The van der Waals surface area contributed by atoms with E-state index in [1.54, 1.807) is 0 Å². The summed E-state index contributed by atoms with van der Waals surface area (Å²) in [6.07, 6.45) is 7.89. The maximum absolute atomic E-state index is 6.04. The average Bonchev–Trinajstić information content (AvgIpc) is 3.56. The lowest BCUT2D eigenvalue weighted by Gasteiger charge is -2.37. The minimum absolute atomic E-state index is 0. The van der Waals surface area contributed by atoms with Gasteiger partial charge in [-0.05, 0) is 87.1 Å². The Morgan fingerprint density at radius 2 is 1.02 bits per heavy atom. The molecule has 2 saturated heterocycles. The van der Waals surface area contributed by atoms with Crippen molar-refractivity contribution in [1.82, 2.24) is 0 Å². The second-order valence-electron chi connectivity index (χ2n) is 13.3. The topological polar surface area (TPSA) is 58.5 Å². The Bertz CT molecular complexity index is 1000. The normalized spacial score (nSPS) is 19.4. The van der Waals surface area contributed by atoms with Crippen LogP contribution in [0.2, 0.25) is 0 Å². The van der Waals surface area contributed by atoms with Gasteiger partial charge >= 0.3 is 0 Å². The van der Waals surface area contributed by atoms with Crippen molar-refractivity contribution in [2.75, 3.05) is 88.7 Å². The van der Waals surface area contributed by atoms with Crippen LogP contribution in [0.15, 0.2) is 36.4 Å². The molecule has 0 aromatic heterocycles. The fourth-order valence-corrected chi connectivity index (χ4v) is 6.56. The summed E-state index contributed by atoms with van der Waals surface area (Å²) in [5, 5.41) is 0. The minimum atomic E-state index is 0. The number of hydrogen-bond donors (Lipinski definition) is 2. The van der Waals surface area contributed by atoms with Crippen LogP contribution in [0.3, 0.4) is 0 Å². The van der Waals surface area contributed by atoms with E-state index in [4.69, 9.17) is 11.5 Å². The molecule has 6 nitrogen and oxygen atoms in total. The van der Waals surface area contributed by atoms with E-state index in [1.165, 1.54) is 74.1 Å². The number of likely N-dealkylation sites (N-methyl/N-ethyl adjacent to an activating group) is 2. The lowest BCUT2D eigenvalue weighted by atomic mass is 10.1. The fourth-order valence-electron chi connectivity index (χ4n) is 6.56. The van der Waals surface area contributed by atoms with Crippen molar-refractivity contribution in [2.24, 2.45) is 0 Å². The Labute approximate surface area is 256 Å². The second-order valence-corrected chi connectivity index (χ2v) is 13.3. The molecular formula is C32H54Cl2N6. The first-order valence-electron chi connectivity index (χ1n) is 14.8. The Hall–Kier alpha value is -1.86. The fraction of sp³-hybridized carbons (Fsp3) is 0.625. The third-order valence-corrected chi connectivity index (χ3v) is 9.76. The zero-order valence-electron chi connectivity index (χ0n) is 25.8. The van der Waals surface area contributed by atoms with Crippen LogP contribution in [-0.2, 0) is 0 Å². The molecule has 2 atom stereocenters. The van der Waals surface area contributed by atoms with Crippen molar-refractivity contribution >= 4 is 22.7 Å². The summed E-state index contributed by atoms with van der Waals surface area (Å²) < 4.78 is 2.27. The molecule has 0 aliphatic carbocycles. The summed E-state index contributed by atoms with van der Waals surface area (Å²) in [5.41, 5.74) is 18.9. The molecule has 2 heterocycles. The Kier molecular flexibility index (Phi) is 12.3. The highest BCUT2D eigenvalue weighted by Crippen LogP contribution is 2.29. The first-order valence-corrected chi connectivity index (χ1v) is 14.8. The zero-order chi connectivity index (χ0) is 27.5. The van der Waals surface area contributed by atoms with Crippen molar-refractivity contribution in [2.45, 2.75) is 64.5 Å². The van der Waals surface area contributed by atoms with Gasteiger partial charge in [-0.1, -0.05) is 0 Å². The van der Waals surface area contributed by atoms with Crippen molar-refractivity contribution < 1.29 is 33.8 Å². The number of rotatable bonds is 11. The van der Waals surface area contributed by atoms with Crippen molar-refractivity contribution in [3.05, 3.63) is 47.5 Å². The minimum Gasteiger partial charge on any atom is -1.00 e. The molecule has 0 amide bonds. The molecule has 4 rings (SSSR count). The predicted octanol–water partition coefficient (Wildman–Crippen LogP) is -0.953. The first kappa shape index (κ1) is 34.3. The van der Waals surface area contributed by atoms with E-state index < -0.39 is 0 Å². The molecule has 2 aromatic carbocycles. The third-order valence-electron chi connectivity index (χ3n) is 9.76. The molecule has 0 bridgehead atoms. The van der Waals surface area contributed by atoms with Gasteiger partial charge in [0.2, 0.25) is 0 Å². The number of benzene rings is 2. The number of anilines is 4. The first-order chi connectivity index (χ1) is 18.0. The number of quaternary nitrogens is 2. The highest BCUT2D eigenvalue weighted by atomic mass is 35.5. The molecular weight excluding hydrogens is 539 g/mol. The maximum atomic E-state index is 6.04. The molecule has 226 valence electrons. The van der Waals surface area contributed by atoms with Gasteiger partial charge in [-0.3, -0.25) is 0 Å². The summed E-state index contributed by atoms with van der Waals surface area (Å²) in [6.45, 7) is 11.4. The number of aryl methyl sites for hydroxylation is 2. The van der Waals surface area contributed by atoms with E-state index in [1.807, 2.05) is 0 Å². The van der Waals surface area contributed by atoms with Gasteiger partial charge in [-0.2, -0.15) is 0 Å². The second kappa shape index (κ2) is 14.4. The monoisotopic (exact) mass is 592 g/mol. The zero-order valence-corrected chi connectivity index (χ0v) is 27.3. The highest BCUT2D eigenvalue weighted by molar-refractivity contribution is 5.59. The third kappa shape index (κ3) is 8.34. The molecule has 2 aliphatic heterocycles. The van der Waals surface area contributed by atoms with E-state index in [0.29, 0.717) is 12.1 Å². The molecule has 2 aliphatic rings. The number of nitrogen functional groups attached to an aromatic ring is 2. The lowest BCUT2D eigenvalue weighted by Crippen LogP contribution is -3.00. The largest absolute Gasteiger partial charge is 1.00 e. The van der Waals surface area contributed by atoms with Gasteiger partial charge in [-0.25, -0.2) is 0 Å². The molecule has 40 heavy (non-hydrogen) atoms. The predicted molar refractivity (Wildman–Crippen MR) is 165 cm³/mol. The smallest absolute Gasteiger partial charge is 0.108 e. The van der Waals surface area contributed by atoms with E-state index >= 15 is 0 Å².